The van der Waals surface area contributed by atoms with E-state index in [2.05, 4.69) is 21.2 Å². The van der Waals surface area contributed by atoms with Gasteiger partial charge in [0, 0.05) is 10.2 Å². The highest BCUT2D eigenvalue weighted by atomic mass is 79.9. The zero-order valence-corrected chi connectivity index (χ0v) is 10.9. The summed E-state index contributed by atoms with van der Waals surface area (Å²) in [6.07, 6.45) is 0.525. The van der Waals surface area contributed by atoms with Gasteiger partial charge in [-0.05, 0) is 37.6 Å². The van der Waals surface area contributed by atoms with Gasteiger partial charge in [0.25, 0.3) is 0 Å². The molecule has 1 atom stereocenters. The first kappa shape index (κ1) is 12.9. The molecule has 0 aliphatic rings. The van der Waals surface area contributed by atoms with E-state index < -0.39 is 5.92 Å². The van der Waals surface area contributed by atoms with Gasteiger partial charge in [0.15, 0.2) is 0 Å². The molecule has 1 aromatic rings. The number of Topliss-reactive ketones (excluding diaryl/α,β-unsaturated/α-hetero) is 1. The maximum Gasteiger partial charge on any atom is 0.234 e. The van der Waals surface area contributed by atoms with Gasteiger partial charge >= 0.3 is 0 Å². The van der Waals surface area contributed by atoms with Crippen LogP contribution in [-0.2, 0) is 9.59 Å². The predicted octanol–water partition coefficient (Wildman–Crippen LogP) is 3.00. The largest absolute Gasteiger partial charge is 0.325 e. The maximum absolute atomic E-state index is 11.7. The molecule has 0 spiro atoms. The molecule has 0 heterocycles. The van der Waals surface area contributed by atoms with E-state index in [9.17, 15) is 9.59 Å². The molecule has 0 aliphatic carbocycles. The van der Waals surface area contributed by atoms with Crippen molar-refractivity contribution in [1.82, 2.24) is 0 Å². The third-order valence-corrected chi connectivity index (χ3v) is 2.86. The standard InChI is InChI=1S/C12H14BrNO2/c1-3-11(8(2)15)12(16)14-10-6-4-9(13)5-7-10/h4-7,11H,3H2,1-2H3,(H,14,16). The van der Waals surface area contributed by atoms with Crippen molar-refractivity contribution >= 4 is 33.3 Å². The molecule has 0 radical (unpaired) electrons. The third-order valence-electron chi connectivity index (χ3n) is 2.33. The number of hydrogen-bond donors (Lipinski definition) is 1. The number of amides is 1. The lowest BCUT2D eigenvalue weighted by atomic mass is 10.0. The van der Waals surface area contributed by atoms with Gasteiger partial charge in [0.05, 0.1) is 5.92 Å². The summed E-state index contributed by atoms with van der Waals surface area (Å²) in [5.74, 6) is -0.891. The van der Waals surface area contributed by atoms with Gasteiger partial charge in [-0.2, -0.15) is 0 Å². The SMILES string of the molecule is CCC(C(C)=O)C(=O)Nc1ccc(Br)cc1. The normalized spacial score (nSPS) is 11.9. The van der Waals surface area contributed by atoms with Crippen LogP contribution in [0.15, 0.2) is 28.7 Å². The second-order valence-electron chi connectivity index (χ2n) is 3.57. The Kier molecular flexibility index (Phi) is 4.68. The second kappa shape index (κ2) is 5.80. The number of benzene rings is 1. The van der Waals surface area contributed by atoms with Gasteiger partial charge in [-0.15, -0.1) is 0 Å². The summed E-state index contributed by atoms with van der Waals surface area (Å²) in [4.78, 5) is 22.9. The minimum atomic E-state index is -0.552. The molecular weight excluding hydrogens is 270 g/mol. The van der Waals surface area contributed by atoms with Gasteiger partial charge in [0.1, 0.15) is 5.78 Å². The van der Waals surface area contributed by atoms with Crippen LogP contribution in [0, 0.1) is 5.92 Å². The number of carbonyl (C=O) groups excluding carboxylic acids is 2. The van der Waals surface area contributed by atoms with Crippen molar-refractivity contribution in [3.63, 3.8) is 0 Å². The molecule has 1 amide bonds. The Hall–Kier alpha value is -1.16. The summed E-state index contributed by atoms with van der Waals surface area (Å²) in [5.41, 5.74) is 0.702. The summed E-state index contributed by atoms with van der Waals surface area (Å²) in [7, 11) is 0. The molecule has 86 valence electrons. The first-order valence-electron chi connectivity index (χ1n) is 5.11. The number of carbonyl (C=O) groups is 2. The molecule has 16 heavy (non-hydrogen) atoms. The molecule has 1 N–H and O–H groups in total. The van der Waals surface area contributed by atoms with E-state index >= 15 is 0 Å². The van der Waals surface area contributed by atoms with Crippen LogP contribution >= 0.6 is 15.9 Å². The van der Waals surface area contributed by atoms with E-state index in [-0.39, 0.29) is 11.7 Å². The van der Waals surface area contributed by atoms with E-state index in [0.717, 1.165) is 4.47 Å². The highest BCUT2D eigenvalue weighted by Crippen LogP contribution is 2.15. The van der Waals surface area contributed by atoms with Crippen LogP contribution < -0.4 is 5.32 Å². The molecular formula is C12H14BrNO2. The molecule has 0 saturated carbocycles. The molecule has 1 rings (SSSR count). The van der Waals surface area contributed by atoms with E-state index in [1.807, 2.05) is 19.1 Å². The van der Waals surface area contributed by atoms with Crippen molar-refractivity contribution in [3.05, 3.63) is 28.7 Å². The second-order valence-corrected chi connectivity index (χ2v) is 4.48. The highest BCUT2D eigenvalue weighted by Gasteiger charge is 2.20. The maximum atomic E-state index is 11.7. The van der Waals surface area contributed by atoms with Crippen LogP contribution in [0.2, 0.25) is 0 Å². The smallest absolute Gasteiger partial charge is 0.234 e. The van der Waals surface area contributed by atoms with Crippen LogP contribution in [0.25, 0.3) is 0 Å². The minimum absolute atomic E-state index is 0.0999. The lowest BCUT2D eigenvalue weighted by Gasteiger charge is -2.11. The Balaban J connectivity index is 2.70. The Morgan fingerprint density at radius 3 is 2.31 bits per heavy atom. The Bertz CT molecular complexity index is 387. The fraction of sp³-hybridized carbons (Fsp3) is 0.333. The van der Waals surface area contributed by atoms with Crippen LogP contribution in [0.4, 0.5) is 5.69 Å². The average Bonchev–Trinajstić information content (AvgIpc) is 2.22. The van der Waals surface area contributed by atoms with Crippen molar-refractivity contribution in [3.8, 4) is 0 Å². The summed E-state index contributed by atoms with van der Waals surface area (Å²) >= 11 is 3.31. The highest BCUT2D eigenvalue weighted by molar-refractivity contribution is 9.10. The first-order chi connectivity index (χ1) is 7.54. The Morgan fingerprint density at radius 1 is 1.31 bits per heavy atom. The topological polar surface area (TPSA) is 46.2 Å². The van der Waals surface area contributed by atoms with Crippen LogP contribution in [0.1, 0.15) is 20.3 Å². The number of ketones is 1. The number of nitrogens with one attached hydrogen (secondary N) is 1. The van der Waals surface area contributed by atoms with Crippen LogP contribution in [-0.4, -0.2) is 11.7 Å². The molecule has 0 fully saturated rings. The molecule has 0 saturated heterocycles. The molecule has 4 heteroatoms. The number of rotatable bonds is 4. The summed E-state index contributed by atoms with van der Waals surface area (Å²) < 4.78 is 0.948. The van der Waals surface area contributed by atoms with Crippen molar-refractivity contribution in [2.75, 3.05) is 5.32 Å². The summed E-state index contributed by atoms with van der Waals surface area (Å²) in [5, 5.41) is 2.72. The first-order valence-corrected chi connectivity index (χ1v) is 5.90. The fourth-order valence-electron chi connectivity index (χ4n) is 1.42. The molecule has 0 aromatic heterocycles. The molecule has 0 bridgehead atoms. The van der Waals surface area contributed by atoms with Gasteiger partial charge in [0.2, 0.25) is 5.91 Å². The Labute approximate surface area is 103 Å². The summed E-state index contributed by atoms with van der Waals surface area (Å²) in [6, 6.07) is 7.25. The quantitative estimate of drug-likeness (QED) is 0.864. The van der Waals surface area contributed by atoms with Crippen molar-refractivity contribution in [2.24, 2.45) is 5.92 Å². The van der Waals surface area contributed by atoms with E-state index in [0.29, 0.717) is 12.1 Å². The monoisotopic (exact) mass is 283 g/mol. The minimum Gasteiger partial charge on any atom is -0.325 e. The van der Waals surface area contributed by atoms with E-state index in [1.54, 1.807) is 12.1 Å². The average molecular weight is 284 g/mol. The van der Waals surface area contributed by atoms with Crippen molar-refractivity contribution in [2.45, 2.75) is 20.3 Å². The zero-order valence-electron chi connectivity index (χ0n) is 9.29. The Morgan fingerprint density at radius 2 is 1.88 bits per heavy atom. The zero-order chi connectivity index (χ0) is 12.1. The van der Waals surface area contributed by atoms with Crippen LogP contribution in [0.5, 0.6) is 0 Å². The summed E-state index contributed by atoms with van der Waals surface area (Å²) in [6.45, 7) is 3.27. The number of hydrogen-bond acceptors (Lipinski definition) is 2. The van der Waals surface area contributed by atoms with Gasteiger partial charge in [-0.1, -0.05) is 22.9 Å². The van der Waals surface area contributed by atoms with Gasteiger partial charge < -0.3 is 5.32 Å². The molecule has 0 aliphatic heterocycles. The fourth-order valence-corrected chi connectivity index (χ4v) is 1.68. The lowest BCUT2D eigenvalue weighted by Crippen LogP contribution is -2.27. The number of halogens is 1. The van der Waals surface area contributed by atoms with Crippen molar-refractivity contribution in [1.29, 1.82) is 0 Å². The molecule has 3 nitrogen and oxygen atoms in total. The van der Waals surface area contributed by atoms with E-state index in [4.69, 9.17) is 0 Å². The van der Waals surface area contributed by atoms with E-state index in [1.165, 1.54) is 6.92 Å². The molecule has 1 unspecified atom stereocenters. The predicted molar refractivity (Wildman–Crippen MR) is 67.2 cm³/mol. The van der Waals surface area contributed by atoms with Crippen molar-refractivity contribution < 1.29 is 9.59 Å². The third kappa shape index (κ3) is 3.45. The van der Waals surface area contributed by atoms with Gasteiger partial charge in [-0.3, -0.25) is 9.59 Å². The van der Waals surface area contributed by atoms with Crippen LogP contribution in [0.3, 0.4) is 0 Å². The van der Waals surface area contributed by atoms with Gasteiger partial charge in [-0.25, -0.2) is 0 Å². The lowest BCUT2D eigenvalue weighted by molar-refractivity contribution is -0.129. The molecule has 1 aromatic carbocycles. The number of anilines is 1.